The predicted molar refractivity (Wildman–Crippen MR) is 115 cm³/mol. The van der Waals surface area contributed by atoms with Crippen LogP contribution in [0.1, 0.15) is 10.4 Å². The van der Waals surface area contributed by atoms with Crippen molar-refractivity contribution in [2.24, 2.45) is 0 Å². The lowest BCUT2D eigenvalue weighted by atomic mass is 10.1. The van der Waals surface area contributed by atoms with Gasteiger partial charge in [-0.05, 0) is 24.3 Å². The Morgan fingerprint density at radius 1 is 0.938 bits per heavy atom. The quantitative estimate of drug-likeness (QED) is 0.531. The maximum absolute atomic E-state index is 14.8. The summed E-state index contributed by atoms with van der Waals surface area (Å²) in [5, 5.41) is 11.3. The van der Waals surface area contributed by atoms with Crippen molar-refractivity contribution in [1.82, 2.24) is 30.4 Å². The second-order valence-electron chi connectivity index (χ2n) is 7.30. The van der Waals surface area contributed by atoms with Crippen molar-refractivity contribution in [2.45, 2.75) is 0 Å². The zero-order chi connectivity index (χ0) is 21.9. The highest BCUT2D eigenvalue weighted by atomic mass is 19.1. The molecule has 160 valence electrons. The van der Waals surface area contributed by atoms with Crippen LogP contribution in [-0.2, 0) is 0 Å². The number of carbonyl (C=O) groups is 1. The van der Waals surface area contributed by atoms with Crippen molar-refractivity contribution >= 4 is 5.91 Å². The molecule has 0 radical (unpaired) electrons. The van der Waals surface area contributed by atoms with Gasteiger partial charge in [-0.2, -0.15) is 0 Å². The number of piperazine rings is 1. The molecule has 1 amide bonds. The first-order valence-corrected chi connectivity index (χ1v) is 10.2. The van der Waals surface area contributed by atoms with E-state index in [-0.39, 0.29) is 17.4 Å². The van der Waals surface area contributed by atoms with Crippen molar-refractivity contribution in [3.63, 3.8) is 0 Å². The lowest BCUT2D eigenvalue weighted by Gasteiger charge is -2.27. The fourth-order valence-electron chi connectivity index (χ4n) is 3.52. The molecule has 9 heteroatoms. The van der Waals surface area contributed by atoms with Gasteiger partial charge in [-0.1, -0.05) is 24.3 Å². The first kappa shape index (κ1) is 20.0. The van der Waals surface area contributed by atoms with Crippen LogP contribution in [0.2, 0.25) is 0 Å². The Kier molecular flexibility index (Phi) is 5.39. The molecule has 1 aliphatic rings. The van der Waals surface area contributed by atoms with Crippen LogP contribution in [0.15, 0.2) is 65.3 Å². The van der Waals surface area contributed by atoms with Crippen LogP contribution in [0.25, 0.3) is 34.3 Å². The molecule has 2 aromatic carbocycles. The monoisotopic (exact) mass is 430 g/mol. The maximum Gasteiger partial charge on any atom is 0.268 e. The van der Waals surface area contributed by atoms with E-state index in [0.717, 1.165) is 5.56 Å². The molecular formula is C23H19FN6O2. The van der Waals surface area contributed by atoms with E-state index < -0.39 is 5.82 Å². The topological polar surface area (TPSA) is 97.0 Å². The van der Waals surface area contributed by atoms with Crippen molar-refractivity contribution < 1.29 is 13.6 Å². The molecule has 5 rings (SSSR count). The molecular weight excluding hydrogens is 411 g/mol. The first-order valence-electron chi connectivity index (χ1n) is 10.2. The highest BCUT2D eigenvalue weighted by Gasteiger charge is 2.21. The van der Waals surface area contributed by atoms with Crippen molar-refractivity contribution in [1.29, 1.82) is 0 Å². The van der Waals surface area contributed by atoms with Gasteiger partial charge in [-0.25, -0.2) is 9.37 Å². The summed E-state index contributed by atoms with van der Waals surface area (Å²) in [6.07, 6.45) is 3.02. The van der Waals surface area contributed by atoms with Gasteiger partial charge in [0.25, 0.3) is 11.8 Å². The minimum atomic E-state index is -0.595. The normalized spacial score (nSPS) is 13.8. The van der Waals surface area contributed by atoms with E-state index in [1.54, 1.807) is 11.0 Å². The zero-order valence-corrected chi connectivity index (χ0v) is 17.0. The number of nitrogens with one attached hydrogen (secondary N) is 1. The van der Waals surface area contributed by atoms with Gasteiger partial charge < -0.3 is 14.6 Å². The summed E-state index contributed by atoms with van der Waals surface area (Å²) < 4.78 is 20.5. The number of hydrogen-bond donors (Lipinski definition) is 1. The fourth-order valence-corrected chi connectivity index (χ4v) is 3.52. The molecule has 0 saturated carbocycles. The molecule has 0 spiro atoms. The van der Waals surface area contributed by atoms with E-state index in [9.17, 15) is 9.18 Å². The van der Waals surface area contributed by atoms with Crippen LogP contribution in [0.3, 0.4) is 0 Å². The molecule has 2 aromatic heterocycles. The molecule has 32 heavy (non-hydrogen) atoms. The van der Waals surface area contributed by atoms with Gasteiger partial charge in [0.15, 0.2) is 0 Å². The number of benzene rings is 2. The summed E-state index contributed by atoms with van der Waals surface area (Å²) in [5.41, 5.74) is 2.14. The number of amides is 1. The molecule has 0 bridgehead atoms. The number of rotatable bonds is 4. The third-order valence-electron chi connectivity index (χ3n) is 5.20. The highest BCUT2D eigenvalue weighted by molar-refractivity contribution is 5.95. The average molecular weight is 430 g/mol. The maximum atomic E-state index is 14.8. The molecule has 4 aromatic rings. The van der Waals surface area contributed by atoms with Crippen molar-refractivity contribution in [3.8, 4) is 34.3 Å². The molecule has 0 aliphatic carbocycles. The lowest BCUT2D eigenvalue weighted by molar-refractivity contribution is 0.0731. The van der Waals surface area contributed by atoms with E-state index in [4.69, 9.17) is 4.42 Å². The van der Waals surface area contributed by atoms with Gasteiger partial charge in [-0.3, -0.25) is 9.78 Å². The summed E-state index contributed by atoms with van der Waals surface area (Å²) >= 11 is 0. The van der Waals surface area contributed by atoms with E-state index in [1.807, 2.05) is 30.3 Å². The van der Waals surface area contributed by atoms with Gasteiger partial charge in [0, 0.05) is 37.3 Å². The highest BCUT2D eigenvalue weighted by Crippen LogP contribution is 2.25. The van der Waals surface area contributed by atoms with Gasteiger partial charge in [0.2, 0.25) is 5.89 Å². The number of aromatic nitrogens is 4. The van der Waals surface area contributed by atoms with Crippen LogP contribution >= 0.6 is 0 Å². The molecule has 3 heterocycles. The Balaban J connectivity index is 1.40. The number of halogens is 1. The summed E-state index contributed by atoms with van der Waals surface area (Å²) in [5.74, 6) is -0.323. The molecule has 8 nitrogen and oxygen atoms in total. The Hall–Kier alpha value is -3.98. The Morgan fingerprint density at radius 2 is 1.69 bits per heavy atom. The molecule has 1 fully saturated rings. The van der Waals surface area contributed by atoms with Crippen molar-refractivity contribution in [2.75, 3.05) is 26.2 Å². The van der Waals surface area contributed by atoms with Crippen LogP contribution in [0.4, 0.5) is 4.39 Å². The van der Waals surface area contributed by atoms with E-state index in [0.29, 0.717) is 49.0 Å². The van der Waals surface area contributed by atoms with Gasteiger partial charge >= 0.3 is 0 Å². The number of hydrogen-bond acceptors (Lipinski definition) is 7. The average Bonchev–Trinajstić information content (AvgIpc) is 3.35. The van der Waals surface area contributed by atoms with Crippen LogP contribution < -0.4 is 5.32 Å². The summed E-state index contributed by atoms with van der Waals surface area (Å²) in [6, 6.07) is 13.8. The summed E-state index contributed by atoms with van der Waals surface area (Å²) in [7, 11) is 0. The minimum Gasteiger partial charge on any atom is -0.415 e. The molecule has 1 saturated heterocycles. The SMILES string of the molecule is O=C(c1ccc(-c2cncc(-c3nnc(-c4ccccc4)o3)n2)cc1F)N1CCNCC1. The number of carbonyl (C=O) groups excluding carboxylic acids is 1. The smallest absolute Gasteiger partial charge is 0.268 e. The predicted octanol–water partition coefficient (Wildman–Crippen LogP) is 3.05. The standard InChI is InChI=1S/C23H19FN6O2/c24-18-12-16(6-7-17(18)23(31)30-10-8-25-9-11-30)19-13-26-14-20(27-19)22-29-28-21(32-22)15-4-2-1-3-5-15/h1-7,12-14,25H,8-11H2. The van der Waals surface area contributed by atoms with Crippen LogP contribution in [0.5, 0.6) is 0 Å². The Labute approximate surface area is 183 Å². The second-order valence-corrected chi connectivity index (χ2v) is 7.30. The summed E-state index contributed by atoms with van der Waals surface area (Å²) in [6.45, 7) is 2.52. The summed E-state index contributed by atoms with van der Waals surface area (Å²) in [4.78, 5) is 23.0. The minimum absolute atomic E-state index is 0.0455. The molecule has 1 aliphatic heterocycles. The van der Waals surface area contributed by atoms with Gasteiger partial charge in [0.1, 0.15) is 11.5 Å². The van der Waals surface area contributed by atoms with E-state index in [2.05, 4.69) is 25.5 Å². The lowest BCUT2D eigenvalue weighted by Crippen LogP contribution is -2.46. The third-order valence-corrected chi connectivity index (χ3v) is 5.20. The largest absolute Gasteiger partial charge is 0.415 e. The first-order chi connectivity index (χ1) is 15.7. The van der Waals surface area contributed by atoms with Gasteiger partial charge in [0.05, 0.1) is 23.7 Å². The third kappa shape index (κ3) is 3.97. The Bertz CT molecular complexity index is 1250. The van der Waals surface area contributed by atoms with Crippen LogP contribution in [0, 0.1) is 5.82 Å². The second kappa shape index (κ2) is 8.64. The fraction of sp³-hybridized carbons (Fsp3) is 0.174. The van der Waals surface area contributed by atoms with Gasteiger partial charge in [-0.15, -0.1) is 10.2 Å². The Morgan fingerprint density at radius 3 is 2.47 bits per heavy atom. The molecule has 0 atom stereocenters. The molecule has 0 unspecified atom stereocenters. The van der Waals surface area contributed by atoms with E-state index >= 15 is 0 Å². The zero-order valence-electron chi connectivity index (χ0n) is 17.0. The van der Waals surface area contributed by atoms with Crippen LogP contribution in [-0.4, -0.2) is 57.2 Å². The molecule has 1 N–H and O–H groups in total. The number of nitrogens with zero attached hydrogens (tertiary/aromatic N) is 5. The van der Waals surface area contributed by atoms with E-state index in [1.165, 1.54) is 24.5 Å². The van der Waals surface area contributed by atoms with Crippen molar-refractivity contribution in [3.05, 3.63) is 72.3 Å².